The Morgan fingerprint density at radius 1 is 0.852 bits per heavy atom. The van der Waals surface area contributed by atoms with Gasteiger partial charge in [-0.25, -0.2) is 9.59 Å². The number of ether oxygens (including phenoxy) is 3. The number of carbonyl (C=O) groups is 6. The third kappa shape index (κ3) is 15.3. The van der Waals surface area contributed by atoms with E-state index in [2.05, 4.69) is 21.3 Å². The molecule has 1 aliphatic rings. The van der Waals surface area contributed by atoms with Gasteiger partial charge in [0.15, 0.2) is 0 Å². The number of esters is 1. The Morgan fingerprint density at radius 3 is 2.16 bits per heavy atom. The van der Waals surface area contributed by atoms with Crippen molar-refractivity contribution in [3.05, 3.63) is 96.1 Å². The van der Waals surface area contributed by atoms with Gasteiger partial charge in [-0.1, -0.05) is 105 Å². The van der Waals surface area contributed by atoms with E-state index in [1.165, 1.54) is 4.90 Å². The first-order valence-electron chi connectivity index (χ1n) is 21.0. The van der Waals surface area contributed by atoms with Crippen LogP contribution < -0.4 is 27.0 Å². The van der Waals surface area contributed by atoms with Crippen molar-refractivity contribution in [2.45, 2.75) is 89.8 Å². The normalized spacial score (nSPS) is 14.7. The van der Waals surface area contributed by atoms with Gasteiger partial charge in [0, 0.05) is 51.4 Å². The average molecular weight is 843 g/mol. The molecule has 1 fully saturated rings. The standard InChI is InChI=1S/C46H62N6O9/c1-5-6-9-22-39(53)51-46(30-35-20-14-15-21-37(35)34-18-12-8-13-19-34,36(32-60-40(54)23-24-47)31-48-44(58)61-45(2,3)4)42(56)49-38(29-33-16-10-7-11-17-33)41(55)50-43(57)52-25-27-59-28-26-52/h7-8,10-21,36,38H,5-6,9,22-32,47H2,1-4H3,(H,48,58)(H,49,56)(H,51,53)(H,50,55,57). The molecule has 6 amide bonds. The molecule has 6 N–H and O–H groups in total. The summed E-state index contributed by atoms with van der Waals surface area (Å²) in [6, 6.07) is 23.9. The monoisotopic (exact) mass is 842 g/mol. The van der Waals surface area contributed by atoms with Gasteiger partial charge in [0.05, 0.1) is 26.2 Å². The second-order valence-corrected chi connectivity index (χ2v) is 16.1. The molecule has 3 unspecified atom stereocenters. The van der Waals surface area contributed by atoms with Crippen molar-refractivity contribution in [2.75, 3.05) is 46.0 Å². The number of imide groups is 1. The van der Waals surface area contributed by atoms with Crippen molar-refractivity contribution in [3.63, 3.8) is 0 Å². The van der Waals surface area contributed by atoms with Crippen molar-refractivity contribution >= 4 is 35.8 Å². The van der Waals surface area contributed by atoms with Crippen LogP contribution in [0.15, 0.2) is 84.9 Å². The molecule has 0 aromatic heterocycles. The van der Waals surface area contributed by atoms with Gasteiger partial charge < -0.3 is 40.8 Å². The number of morpholine rings is 1. The Hall–Kier alpha value is -5.80. The fraction of sp³-hybridized carbons (Fsp3) is 0.478. The molecule has 3 aromatic carbocycles. The van der Waals surface area contributed by atoms with Crippen molar-refractivity contribution < 1.29 is 43.0 Å². The quantitative estimate of drug-likeness (QED) is 0.0786. The number of nitrogens with two attached hydrogens (primary N) is 1. The van der Waals surface area contributed by atoms with E-state index in [9.17, 15) is 24.0 Å². The van der Waals surface area contributed by atoms with Gasteiger partial charge in [-0.2, -0.15) is 0 Å². The predicted octanol–water partition coefficient (Wildman–Crippen LogP) is 4.66. The zero-order valence-corrected chi connectivity index (χ0v) is 35.8. The van der Waals surface area contributed by atoms with Gasteiger partial charge in [0.25, 0.3) is 5.91 Å². The van der Waals surface area contributed by atoms with E-state index in [0.29, 0.717) is 30.8 Å². The molecule has 0 radical (unpaired) electrons. The minimum absolute atomic E-state index is 0.00333. The van der Waals surface area contributed by atoms with Gasteiger partial charge in [0.1, 0.15) is 17.2 Å². The van der Waals surface area contributed by atoms with Gasteiger partial charge >= 0.3 is 18.1 Å². The summed E-state index contributed by atoms with van der Waals surface area (Å²) in [7, 11) is 0. The second kappa shape index (κ2) is 23.8. The minimum Gasteiger partial charge on any atom is -0.465 e. The molecule has 0 aliphatic carbocycles. The van der Waals surface area contributed by atoms with E-state index in [4.69, 9.17) is 19.9 Å². The summed E-state index contributed by atoms with van der Waals surface area (Å²) in [5, 5.41) is 11.2. The molecule has 4 rings (SSSR count). The highest BCUT2D eigenvalue weighted by molar-refractivity contribution is 6.01. The van der Waals surface area contributed by atoms with Gasteiger partial charge in [-0.3, -0.25) is 24.5 Å². The highest BCUT2D eigenvalue weighted by Gasteiger charge is 2.49. The summed E-state index contributed by atoms with van der Waals surface area (Å²) in [5.41, 5.74) is 5.73. The summed E-state index contributed by atoms with van der Waals surface area (Å²) >= 11 is 0. The first kappa shape index (κ1) is 47.9. The SMILES string of the molecule is CCCCCC(=O)NC(Cc1ccccc1-c1ccccc1)(C(=O)NC(Cc1ccccc1)C(=O)NC(=O)N1CCOCC1)C(CNC(=O)OC(C)(C)C)COC(=O)CCN. The first-order valence-corrected chi connectivity index (χ1v) is 21.0. The number of urea groups is 1. The minimum atomic E-state index is -2.00. The molecule has 330 valence electrons. The highest BCUT2D eigenvalue weighted by atomic mass is 16.6. The maximum absolute atomic E-state index is 15.6. The van der Waals surface area contributed by atoms with Crippen LogP contribution in [-0.4, -0.2) is 104 Å². The Morgan fingerprint density at radius 2 is 1.51 bits per heavy atom. The molecule has 0 bridgehead atoms. The number of hydrogen-bond donors (Lipinski definition) is 5. The molecule has 61 heavy (non-hydrogen) atoms. The molecule has 0 saturated carbocycles. The fourth-order valence-electron chi connectivity index (χ4n) is 7.00. The summed E-state index contributed by atoms with van der Waals surface area (Å²) in [4.78, 5) is 85.1. The number of hydrogen-bond acceptors (Lipinski definition) is 10. The van der Waals surface area contributed by atoms with Crippen LogP contribution in [0.4, 0.5) is 9.59 Å². The lowest BCUT2D eigenvalue weighted by Crippen LogP contribution is -2.69. The summed E-state index contributed by atoms with van der Waals surface area (Å²) < 4.78 is 16.7. The second-order valence-electron chi connectivity index (χ2n) is 16.1. The zero-order valence-electron chi connectivity index (χ0n) is 35.8. The fourth-order valence-corrected chi connectivity index (χ4v) is 7.00. The molecule has 1 aliphatic heterocycles. The van der Waals surface area contributed by atoms with Crippen molar-refractivity contribution in [1.82, 2.24) is 26.2 Å². The molecule has 0 spiro atoms. The van der Waals surface area contributed by atoms with Crippen LogP contribution in [0, 0.1) is 5.92 Å². The highest BCUT2D eigenvalue weighted by Crippen LogP contribution is 2.32. The number of rotatable bonds is 20. The largest absolute Gasteiger partial charge is 0.465 e. The summed E-state index contributed by atoms with van der Waals surface area (Å²) in [6.45, 7) is 7.53. The lowest BCUT2D eigenvalue weighted by atomic mass is 9.76. The molecular weight excluding hydrogens is 781 g/mol. The van der Waals surface area contributed by atoms with Crippen LogP contribution in [0.3, 0.4) is 0 Å². The molecule has 1 saturated heterocycles. The van der Waals surface area contributed by atoms with Crippen molar-refractivity contribution in [3.8, 4) is 11.1 Å². The smallest absolute Gasteiger partial charge is 0.407 e. The molecule has 15 heteroatoms. The molecule has 15 nitrogen and oxygen atoms in total. The molecule has 3 atom stereocenters. The third-order valence-corrected chi connectivity index (χ3v) is 10.2. The third-order valence-electron chi connectivity index (χ3n) is 10.2. The first-order chi connectivity index (χ1) is 29.2. The Bertz CT molecular complexity index is 1900. The van der Waals surface area contributed by atoms with Gasteiger partial charge in [0.2, 0.25) is 11.8 Å². The van der Waals surface area contributed by atoms with Crippen LogP contribution in [-0.2, 0) is 46.2 Å². The average Bonchev–Trinajstić information content (AvgIpc) is 3.24. The topological polar surface area (TPSA) is 207 Å². The zero-order chi connectivity index (χ0) is 44.3. The maximum atomic E-state index is 15.6. The molecule has 1 heterocycles. The van der Waals surface area contributed by atoms with E-state index in [1.54, 1.807) is 45.0 Å². The lowest BCUT2D eigenvalue weighted by molar-refractivity contribution is -0.148. The van der Waals surface area contributed by atoms with Crippen LogP contribution in [0.25, 0.3) is 11.1 Å². The van der Waals surface area contributed by atoms with Crippen LogP contribution in [0.2, 0.25) is 0 Å². The predicted molar refractivity (Wildman–Crippen MR) is 231 cm³/mol. The number of amides is 6. The lowest BCUT2D eigenvalue weighted by Gasteiger charge is -2.41. The Balaban J connectivity index is 1.90. The Labute approximate surface area is 358 Å². The van der Waals surface area contributed by atoms with E-state index < -0.39 is 65.5 Å². The number of carbonyl (C=O) groups excluding carboxylic acids is 6. The summed E-state index contributed by atoms with van der Waals surface area (Å²) in [5.74, 6) is -3.86. The van der Waals surface area contributed by atoms with E-state index in [0.717, 1.165) is 24.0 Å². The number of benzene rings is 3. The molecule has 3 aromatic rings. The van der Waals surface area contributed by atoms with Crippen LogP contribution in [0.1, 0.15) is 70.9 Å². The Kier molecular flexibility index (Phi) is 18.7. The van der Waals surface area contributed by atoms with Crippen molar-refractivity contribution in [2.24, 2.45) is 11.7 Å². The summed E-state index contributed by atoms with van der Waals surface area (Å²) in [6.07, 6.45) is 1.04. The van der Waals surface area contributed by atoms with Crippen LogP contribution >= 0.6 is 0 Å². The van der Waals surface area contributed by atoms with Gasteiger partial charge in [-0.05, 0) is 49.4 Å². The number of alkyl carbamates (subject to hydrolysis) is 1. The van der Waals surface area contributed by atoms with Crippen LogP contribution in [0.5, 0.6) is 0 Å². The molecular formula is C46H62N6O9. The van der Waals surface area contributed by atoms with E-state index >= 15 is 4.79 Å². The van der Waals surface area contributed by atoms with Crippen molar-refractivity contribution in [1.29, 1.82) is 0 Å². The number of nitrogens with one attached hydrogen (secondary N) is 4. The number of nitrogens with zero attached hydrogens (tertiary/aromatic N) is 1. The number of unbranched alkanes of at least 4 members (excludes halogenated alkanes) is 2. The van der Waals surface area contributed by atoms with E-state index in [-0.39, 0.29) is 51.9 Å². The van der Waals surface area contributed by atoms with E-state index in [1.807, 2.05) is 67.6 Å². The van der Waals surface area contributed by atoms with Gasteiger partial charge in [-0.15, -0.1) is 0 Å². The maximum Gasteiger partial charge on any atom is 0.407 e.